The third-order valence-corrected chi connectivity index (χ3v) is 8.07. The van der Waals surface area contributed by atoms with E-state index in [2.05, 4.69) is 74.1 Å². The molecule has 4 heteroatoms. The van der Waals surface area contributed by atoms with Crippen LogP contribution in [-0.2, 0) is 6.42 Å². The number of nitrogens with zero attached hydrogens (tertiary/aromatic N) is 2. The summed E-state index contributed by atoms with van der Waals surface area (Å²) in [6.07, 6.45) is 11.0. The summed E-state index contributed by atoms with van der Waals surface area (Å²) in [4.78, 5) is 5.01. The Morgan fingerprint density at radius 2 is 1.14 bits per heavy atom. The number of hydrogen-bond acceptors (Lipinski definition) is 4. The predicted octanol–water partition coefficient (Wildman–Crippen LogP) is 6.40. The van der Waals surface area contributed by atoms with Crippen molar-refractivity contribution in [3.05, 3.63) is 58.7 Å². The molecule has 0 aliphatic carbocycles. The maximum atomic E-state index is 6.38. The average molecular weight is 479 g/mol. The van der Waals surface area contributed by atoms with Crippen LogP contribution in [0.5, 0.6) is 11.5 Å². The molecule has 2 aliphatic heterocycles. The van der Waals surface area contributed by atoms with Gasteiger partial charge in [0.15, 0.2) is 0 Å². The summed E-state index contributed by atoms with van der Waals surface area (Å²) in [5, 5.41) is 0. The minimum Gasteiger partial charge on any atom is -0.493 e. The van der Waals surface area contributed by atoms with Crippen LogP contribution in [0.3, 0.4) is 0 Å². The molecule has 4 rings (SSSR count). The first-order valence-corrected chi connectivity index (χ1v) is 13.8. The molecule has 2 aromatic carbocycles. The molecule has 0 bridgehead atoms. The number of likely N-dealkylation sites (tertiary alicyclic amines) is 2. The molecule has 2 saturated heterocycles. The van der Waals surface area contributed by atoms with Gasteiger partial charge in [0.05, 0.1) is 13.2 Å². The van der Waals surface area contributed by atoms with Gasteiger partial charge in [-0.1, -0.05) is 48.2 Å². The molecule has 0 amide bonds. The highest BCUT2D eigenvalue weighted by Crippen LogP contribution is 2.29. The summed E-state index contributed by atoms with van der Waals surface area (Å²) in [6.45, 7) is 8.31. The van der Waals surface area contributed by atoms with Gasteiger partial charge in [-0.05, 0) is 103 Å². The maximum Gasteiger partial charge on any atom is 0.122 e. The molecule has 35 heavy (non-hydrogen) atoms. The van der Waals surface area contributed by atoms with E-state index in [0.717, 1.165) is 44.0 Å². The highest BCUT2D eigenvalue weighted by molar-refractivity contribution is 5.45. The van der Waals surface area contributed by atoms with E-state index < -0.39 is 0 Å². The van der Waals surface area contributed by atoms with Gasteiger partial charge in [-0.2, -0.15) is 0 Å². The Hall–Kier alpha value is -2.04. The molecule has 2 aromatic rings. The van der Waals surface area contributed by atoms with Crippen LogP contribution in [0.1, 0.15) is 73.6 Å². The largest absolute Gasteiger partial charge is 0.493 e. The average Bonchev–Trinajstić information content (AvgIpc) is 2.84. The highest BCUT2D eigenvalue weighted by Gasteiger charge is 2.20. The van der Waals surface area contributed by atoms with Crippen LogP contribution in [0, 0.1) is 13.8 Å². The minimum atomic E-state index is 0.651. The maximum absolute atomic E-state index is 6.38. The van der Waals surface area contributed by atoms with Gasteiger partial charge in [0.1, 0.15) is 11.5 Å². The lowest BCUT2D eigenvalue weighted by atomic mass is 9.99. The molecule has 0 radical (unpaired) electrons. The van der Waals surface area contributed by atoms with E-state index in [1.807, 2.05) is 0 Å². The SMILES string of the molecule is Cc1ccc(OCCC2CCCCN2C)c(Cc2cc(C)ccc2OCCC2CCCCN2C)c1. The van der Waals surface area contributed by atoms with Crippen molar-refractivity contribution < 1.29 is 9.47 Å². The zero-order valence-corrected chi connectivity index (χ0v) is 22.5. The Morgan fingerprint density at radius 1 is 0.686 bits per heavy atom. The highest BCUT2D eigenvalue weighted by atomic mass is 16.5. The van der Waals surface area contributed by atoms with Crippen LogP contribution in [0.2, 0.25) is 0 Å². The van der Waals surface area contributed by atoms with Crippen molar-refractivity contribution in [2.24, 2.45) is 0 Å². The number of ether oxygens (including phenoxy) is 2. The second-order valence-electron chi connectivity index (χ2n) is 10.9. The smallest absolute Gasteiger partial charge is 0.122 e. The molecule has 2 atom stereocenters. The summed E-state index contributed by atoms with van der Waals surface area (Å²) in [5.74, 6) is 2.04. The van der Waals surface area contributed by atoms with Crippen LogP contribution >= 0.6 is 0 Å². The van der Waals surface area contributed by atoms with Gasteiger partial charge in [-0.3, -0.25) is 0 Å². The first-order chi connectivity index (χ1) is 17.0. The second kappa shape index (κ2) is 12.8. The molecule has 0 N–H and O–H groups in total. The van der Waals surface area contributed by atoms with E-state index in [1.54, 1.807) is 0 Å². The van der Waals surface area contributed by atoms with Crippen molar-refractivity contribution in [3.8, 4) is 11.5 Å². The van der Waals surface area contributed by atoms with E-state index in [1.165, 1.54) is 73.9 Å². The number of hydrogen-bond donors (Lipinski definition) is 0. The third kappa shape index (κ3) is 7.47. The molecular weight excluding hydrogens is 432 g/mol. The van der Waals surface area contributed by atoms with Gasteiger partial charge in [0.2, 0.25) is 0 Å². The molecule has 4 nitrogen and oxygen atoms in total. The minimum absolute atomic E-state index is 0.651. The molecule has 0 aromatic heterocycles. The number of rotatable bonds is 10. The zero-order chi connectivity index (χ0) is 24.6. The van der Waals surface area contributed by atoms with Crippen molar-refractivity contribution in [2.45, 2.75) is 83.7 Å². The number of benzene rings is 2. The van der Waals surface area contributed by atoms with Gasteiger partial charge in [-0.25, -0.2) is 0 Å². The molecule has 2 unspecified atom stereocenters. The van der Waals surface area contributed by atoms with E-state index in [0.29, 0.717) is 12.1 Å². The Balaban J connectivity index is 1.40. The fourth-order valence-electron chi connectivity index (χ4n) is 5.81. The topological polar surface area (TPSA) is 24.9 Å². The van der Waals surface area contributed by atoms with Crippen molar-refractivity contribution >= 4 is 0 Å². The first-order valence-electron chi connectivity index (χ1n) is 13.8. The van der Waals surface area contributed by atoms with Gasteiger partial charge in [0.25, 0.3) is 0 Å². The Morgan fingerprint density at radius 3 is 1.57 bits per heavy atom. The molecule has 2 heterocycles. The zero-order valence-electron chi connectivity index (χ0n) is 22.5. The van der Waals surface area contributed by atoms with Gasteiger partial charge < -0.3 is 19.3 Å². The van der Waals surface area contributed by atoms with Crippen LogP contribution in [-0.4, -0.2) is 62.3 Å². The lowest BCUT2D eigenvalue weighted by Gasteiger charge is -2.32. The molecular formula is C31H46N2O2. The fraction of sp³-hybridized carbons (Fsp3) is 0.613. The molecule has 192 valence electrons. The molecule has 0 saturated carbocycles. The molecule has 0 spiro atoms. The van der Waals surface area contributed by atoms with Gasteiger partial charge in [-0.15, -0.1) is 0 Å². The predicted molar refractivity (Wildman–Crippen MR) is 146 cm³/mol. The monoisotopic (exact) mass is 478 g/mol. The van der Waals surface area contributed by atoms with Crippen molar-refractivity contribution in [1.29, 1.82) is 0 Å². The lowest BCUT2D eigenvalue weighted by molar-refractivity contribution is 0.152. The molecule has 2 aliphatic rings. The van der Waals surface area contributed by atoms with E-state index in [4.69, 9.17) is 9.47 Å². The fourth-order valence-corrected chi connectivity index (χ4v) is 5.81. The quantitative estimate of drug-likeness (QED) is 0.394. The van der Waals surface area contributed by atoms with E-state index >= 15 is 0 Å². The van der Waals surface area contributed by atoms with Crippen LogP contribution in [0.4, 0.5) is 0 Å². The Kier molecular flexibility index (Phi) is 9.51. The van der Waals surface area contributed by atoms with Crippen molar-refractivity contribution in [3.63, 3.8) is 0 Å². The van der Waals surface area contributed by atoms with Gasteiger partial charge in [0, 0.05) is 18.5 Å². The van der Waals surface area contributed by atoms with Crippen LogP contribution in [0.15, 0.2) is 36.4 Å². The summed E-state index contributed by atoms with van der Waals surface area (Å²) >= 11 is 0. The van der Waals surface area contributed by atoms with Crippen LogP contribution < -0.4 is 9.47 Å². The number of aryl methyl sites for hydroxylation is 2. The number of piperidine rings is 2. The normalized spacial score (nSPS) is 21.7. The summed E-state index contributed by atoms with van der Waals surface area (Å²) in [5.41, 5.74) is 5.05. The lowest BCUT2D eigenvalue weighted by Crippen LogP contribution is -2.37. The summed E-state index contributed by atoms with van der Waals surface area (Å²) in [7, 11) is 4.51. The van der Waals surface area contributed by atoms with E-state index in [-0.39, 0.29) is 0 Å². The van der Waals surface area contributed by atoms with Crippen molar-refractivity contribution in [1.82, 2.24) is 9.80 Å². The summed E-state index contributed by atoms with van der Waals surface area (Å²) in [6, 6.07) is 14.5. The molecule has 2 fully saturated rings. The Bertz CT molecular complexity index is 868. The van der Waals surface area contributed by atoms with Crippen molar-refractivity contribution in [2.75, 3.05) is 40.4 Å². The van der Waals surface area contributed by atoms with E-state index in [9.17, 15) is 0 Å². The Labute approximate surface area is 213 Å². The van der Waals surface area contributed by atoms with Gasteiger partial charge >= 0.3 is 0 Å². The second-order valence-corrected chi connectivity index (χ2v) is 10.9. The first kappa shape index (κ1) is 26.0. The standard InChI is InChI=1S/C31H46N2O2/c1-24-11-13-30(34-19-15-28-9-5-7-17-32(28)3)26(21-24)23-27-22-25(2)12-14-31(27)35-20-16-29-10-6-8-18-33(29)4/h11-14,21-22,28-29H,5-10,15-20,23H2,1-4H3. The van der Waals surface area contributed by atoms with Crippen LogP contribution in [0.25, 0.3) is 0 Å². The third-order valence-electron chi connectivity index (χ3n) is 8.07. The summed E-state index contributed by atoms with van der Waals surface area (Å²) < 4.78 is 12.8.